The second-order valence-corrected chi connectivity index (χ2v) is 8.79. The first kappa shape index (κ1) is 24.3. The number of rotatable bonds is 12. The molecule has 6 nitrogen and oxygen atoms in total. The molecule has 0 radical (unpaired) electrons. The molecule has 1 aliphatic rings. The molecular formula is C29H33N4O2+. The number of anilines is 1. The third kappa shape index (κ3) is 6.21. The monoisotopic (exact) mass is 469 g/mol. The lowest BCUT2D eigenvalue weighted by Gasteiger charge is -2.21. The highest BCUT2D eigenvalue weighted by Crippen LogP contribution is 2.23. The summed E-state index contributed by atoms with van der Waals surface area (Å²) in [5.74, 6) is -0.430. The molecule has 2 aromatic carbocycles. The molecule has 35 heavy (non-hydrogen) atoms. The zero-order valence-corrected chi connectivity index (χ0v) is 20.3. The van der Waals surface area contributed by atoms with Gasteiger partial charge in [0.15, 0.2) is 12.4 Å². The Labute approximate surface area is 207 Å². The van der Waals surface area contributed by atoms with Crippen LogP contribution in [0.4, 0.5) is 5.69 Å². The normalized spacial score (nSPS) is 13.0. The third-order valence-electron chi connectivity index (χ3n) is 6.22. The number of benzene rings is 2. The van der Waals surface area contributed by atoms with Crippen molar-refractivity contribution >= 4 is 23.7 Å². The van der Waals surface area contributed by atoms with Gasteiger partial charge in [-0.05, 0) is 37.1 Å². The second-order valence-electron chi connectivity index (χ2n) is 8.79. The molecule has 0 spiro atoms. The molecule has 0 saturated carbocycles. The van der Waals surface area contributed by atoms with E-state index in [1.807, 2.05) is 41.6 Å². The van der Waals surface area contributed by atoms with Crippen molar-refractivity contribution < 1.29 is 14.2 Å². The number of unbranched alkanes of at least 4 members (excludes halogenated alkanes) is 3. The zero-order chi connectivity index (χ0) is 24.5. The van der Waals surface area contributed by atoms with Crippen molar-refractivity contribution in [3.63, 3.8) is 0 Å². The van der Waals surface area contributed by atoms with E-state index in [0.29, 0.717) is 30.6 Å². The highest BCUT2D eigenvalue weighted by molar-refractivity contribution is 6.21. The maximum absolute atomic E-state index is 12.6. The van der Waals surface area contributed by atoms with Gasteiger partial charge in [-0.25, -0.2) is 4.57 Å². The predicted molar refractivity (Wildman–Crippen MR) is 139 cm³/mol. The number of carbonyl (C=O) groups is 2. The number of nitrogens with zero attached hydrogens (tertiary/aromatic N) is 4. The summed E-state index contributed by atoms with van der Waals surface area (Å²) in [7, 11) is 0. The summed E-state index contributed by atoms with van der Waals surface area (Å²) in [6.45, 7) is 4.20. The van der Waals surface area contributed by atoms with Crippen LogP contribution in [0.15, 0.2) is 84.2 Å². The van der Waals surface area contributed by atoms with Gasteiger partial charge in [0.05, 0.1) is 23.0 Å². The Balaban J connectivity index is 1.37. The van der Waals surface area contributed by atoms with Crippen molar-refractivity contribution in [1.82, 2.24) is 4.90 Å². The molecule has 0 aliphatic carbocycles. The fourth-order valence-corrected chi connectivity index (χ4v) is 4.24. The molecule has 0 unspecified atom stereocenters. The van der Waals surface area contributed by atoms with Gasteiger partial charge in [-0.2, -0.15) is 5.10 Å². The molecule has 0 N–H and O–H groups in total. The first-order valence-corrected chi connectivity index (χ1v) is 12.5. The number of fused-ring (bicyclic) bond motifs is 1. The third-order valence-corrected chi connectivity index (χ3v) is 6.22. The van der Waals surface area contributed by atoms with Gasteiger partial charge in [-0.15, -0.1) is 0 Å². The van der Waals surface area contributed by atoms with Crippen molar-refractivity contribution in [1.29, 1.82) is 0 Å². The van der Waals surface area contributed by atoms with Gasteiger partial charge in [0.25, 0.3) is 11.8 Å². The van der Waals surface area contributed by atoms with E-state index in [0.717, 1.165) is 17.8 Å². The van der Waals surface area contributed by atoms with Crippen LogP contribution < -0.4 is 9.58 Å². The molecule has 2 amide bonds. The first-order valence-electron chi connectivity index (χ1n) is 12.5. The maximum Gasteiger partial charge on any atom is 0.261 e. The molecule has 2 heterocycles. The van der Waals surface area contributed by atoms with E-state index in [9.17, 15) is 9.59 Å². The fourth-order valence-electron chi connectivity index (χ4n) is 4.24. The van der Waals surface area contributed by atoms with Crippen molar-refractivity contribution in [3.05, 3.63) is 95.8 Å². The quantitative estimate of drug-likeness (QED) is 0.122. The van der Waals surface area contributed by atoms with Crippen molar-refractivity contribution in [2.75, 3.05) is 18.1 Å². The molecule has 0 fully saturated rings. The van der Waals surface area contributed by atoms with Crippen LogP contribution in [0.3, 0.4) is 0 Å². The number of carbonyl (C=O) groups excluding carboxylic acids is 2. The molecule has 0 bridgehead atoms. The Morgan fingerprint density at radius 1 is 0.829 bits per heavy atom. The molecule has 0 saturated heterocycles. The zero-order valence-electron chi connectivity index (χ0n) is 20.3. The van der Waals surface area contributed by atoms with E-state index in [4.69, 9.17) is 5.10 Å². The van der Waals surface area contributed by atoms with Crippen LogP contribution in [-0.4, -0.2) is 36.0 Å². The number of amides is 2. The smallest absolute Gasteiger partial charge is 0.261 e. The largest absolute Gasteiger partial charge is 0.274 e. The Hall–Kier alpha value is -3.80. The Morgan fingerprint density at radius 3 is 2.14 bits per heavy atom. The lowest BCUT2D eigenvalue weighted by molar-refractivity contribution is -0.697. The van der Waals surface area contributed by atoms with Gasteiger partial charge in [-0.3, -0.25) is 19.5 Å². The molecular weight excluding hydrogens is 436 g/mol. The molecule has 6 heteroatoms. The van der Waals surface area contributed by atoms with Crippen LogP contribution in [0.5, 0.6) is 0 Å². The number of aryl methyl sites for hydroxylation is 1. The van der Waals surface area contributed by atoms with Crippen LogP contribution in [0.1, 0.15) is 65.3 Å². The van der Waals surface area contributed by atoms with Gasteiger partial charge in [0.2, 0.25) is 0 Å². The number of hydrogen-bond acceptors (Lipinski definition) is 4. The summed E-state index contributed by atoms with van der Waals surface area (Å²) in [4.78, 5) is 26.6. The lowest BCUT2D eigenvalue weighted by Crippen LogP contribution is -2.33. The molecule has 180 valence electrons. The Bertz CT molecular complexity index is 1120. The number of imide groups is 1. The number of pyridine rings is 1. The fraction of sp³-hybridized carbons (Fsp3) is 0.310. The first-order chi connectivity index (χ1) is 17.2. The summed E-state index contributed by atoms with van der Waals surface area (Å²) in [5, 5.41) is 6.65. The molecule has 1 aliphatic heterocycles. The van der Waals surface area contributed by atoms with Gasteiger partial charge in [0.1, 0.15) is 6.54 Å². The lowest BCUT2D eigenvalue weighted by atomic mass is 10.1. The summed E-state index contributed by atoms with van der Waals surface area (Å²) < 4.78 is 2.21. The Morgan fingerprint density at radius 2 is 1.49 bits per heavy atom. The summed E-state index contributed by atoms with van der Waals surface area (Å²) in [5.41, 5.74) is 2.97. The van der Waals surface area contributed by atoms with Crippen LogP contribution >= 0.6 is 0 Å². The average Bonchev–Trinajstić information content (AvgIpc) is 3.14. The SMILES string of the molecule is CCCCCC[n+]1ccc(/C=N/N(CCCN2C(=O)c3ccccc3C2=O)c2ccccc2)cc1. The van der Waals surface area contributed by atoms with E-state index < -0.39 is 0 Å². The van der Waals surface area contributed by atoms with Gasteiger partial charge in [0, 0.05) is 37.2 Å². The number of hydrazone groups is 1. The Kier molecular flexibility index (Phi) is 8.39. The van der Waals surface area contributed by atoms with Gasteiger partial charge >= 0.3 is 0 Å². The van der Waals surface area contributed by atoms with Crippen molar-refractivity contribution in [2.45, 2.75) is 45.6 Å². The van der Waals surface area contributed by atoms with Crippen molar-refractivity contribution in [2.24, 2.45) is 5.10 Å². The highest BCUT2D eigenvalue weighted by Gasteiger charge is 2.34. The van der Waals surface area contributed by atoms with E-state index in [1.54, 1.807) is 24.3 Å². The topological polar surface area (TPSA) is 56.9 Å². The predicted octanol–water partition coefficient (Wildman–Crippen LogP) is 5.08. The van der Waals surface area contributed by atoms with E-state index in [2.05, 4.69) is 36.0 Å². The standard InChI is InChI=1S/C29H33N4O2/c1-2-3-4-10-18-31-21-16-24(17-22-31)23-30-33(25-12-6-5-7-13-25)20-11-19-32-28(34)26-14-8-9-15-27(26)29(32)35/h5-9,12-17,21-23H,2-4,10-11,18-20H2,1H3/q+1. The van der Waals surface area contributed by atoms with Crippen LogP contribution in [0, 0.1) is 0 Å². The van der Waals surface area contributed by atoms with Crippen molar-refractivity contribution in [3.8, 4) is 0 Å². The number of hydrogen-bond donors (Lipinski definition) is 0. The minimum absolute atomic E-state index is 0.215. The van der Waals surface area contributed by atoms with E-state index in [-0.39, 0.29) is 11.8 Å². The van der Waals surface area contributed by atoms with Gasteiger partial charge in [-0.1, -0.05) is 50.1 Å². The summed E-state index contributed by atoms with van der Waals surface area (Å²) in [6, 6.07) is 21.1. The van der Waals surface area contributed by atoms with E-state index in [1.165, 1.54) is 30.6 Å². The average molecular weight is 470 g/mol. The van der Waals surface area contributed by atoms with Crippen LogP contribution in [0.2, 0.25) is 0 Å². The maximum atomic E-state index is 12.6. The highest BCUT2D eigenvalue weighted by atomic mass is 16.2. The van der Waals surface area contributed by atoms with E-state index >= 15 is 0 Å². The number of para-hydroxylation sites is 1. The summed E-state index contributed by atoms with van der Waals surface area (Å²) >= 11 is 0. The van der Waals surface area contributed by atoms with Gasteiger partial charge < -0.3 is 0 Å². The van der Waals surface area contributed by atoms with Crippen LogP contribution in [0.25, 0.3) is 0 Å². The molecule has 4 rings (SSSR count). The minimum Gasteiger partial charge on any atom is -0.274 e. The summed E-state index contributed by atoms with van der Waals surface area (Å²) in [6.07, 6.45) is 11.7. The second kappa shape index (κ2) is 12.1. The molecule has 0 atom stereocenters. The minimum atomic E-state index is -0.215. The molecule has 1 aromatic heterocycles. The number of aromatic nitrogens is 1. The molecule has 3 aromatic rings. The van der Waals surface area contributed by atoms with Crippen LogP contribution in [-0.2, 0) is 6.54 Å².